The van der Waals surface area contributed by atoms with Crippen LogP contribution >= 0.6 is 11.3 Å². The smallest absolute Gasteiger partial charge is 0.227 e. The fraction of sp³-hybridized carbons (Fsp3) is 0.211. The van der Waals surface area contributed by atoms with Gasteiger partial charge in [0, 0.05) is 42.0 Å². The van der Waals surface area contributed by atoms with E-state index in [1.165, 1.54) is 0 Å². The van der Waals surface area contributed by atoms with Crippen LogP contribution in [0.5, 0.6) is 0 Å². The van der Waals surface area contributed by atoms with Gasteiger partial charge < -0.3 is 4.90 Å². The highest BCUT2D eigenvalue weighted by Gasteiger charge is 2.14. The van der Waals surface area contributed by atoms with E-state index in [2.05, 4.69) is 9.97 Å². The lowest BCUT2D eigenvalue weighted by Crippen LogP contribution is -2.30. The molecule has 0 saturated carbocycles. The van der Waals surface area contributed by atoms with Gasteiger partial charge in [-0.15, -0.1) is 11.3 Å². The number of aromatic nitrogens is 2. The van der Waals surface area contributed by atoms with E-state index < -0.39 is 0 Å². The molecule has 0 aliphatic heterocycles. The van der Waals surface area contributed by atoms with Crippen molar-refractivity contribution in [1.82, 2.24) is 9.97 Å². The molecule has 4 nitrogen and oxygen atoms in total. The highest BCUT2D eigenvalue weighted by atomic mass is 32.1. The second-order valence-corrected chi connectivity index (χ2v) is 6.21. The molecule has 5 heteroatoms. The van der Waals surface area contributed by atoms with Gasteiger partial charge >= 0.3 is 0 Å². The molecule has 3 aromatic rings. The number of carbonyl (C=O) groups excluding carboxylic acids is 1. The number of hydrogen-bond acceptors (Lipinski definition) is 4. The van der Waals surface area contributed by atoms with Crippen LogP contribution in [0.3, 0.4) is 0 Å². The Morgan fingerprint density at radius 1 is 1.12 bits per heavy atom. The lowest BCUT2D eigenvalue weighted by Gasteiger charge is -2.20. The topological polar surface area (TPSA) is 46.1 Å². The molecule has 0 atom stereocenters. The van der Waals surface area contributed by atoms with Gasteiger partial charge in [-0.1, -0.05) is 18.2 Å². The third-order valence-corrected chi connectivity index (χ3v) is 4.70. The predicted molar refractivity (Wildman–Crippen MR) is 98.1 cm³/mol. The lowest BCUT2D eigenvalue weighted by molar-refractivity contribution is -0.118. The quantitative estimate of drug-likeness (QED) is 0.677. The summed E-state index contributed by atoms with van der Waals surface area (Å²) in [5.41, 5.74) is 2.97. The molecule has 0 aliphatic rings. The van der Waals surface area contributed by atoms with E-state index in [9.17, 15) is 4.79 Å². The second kappa shape index (κ2) is 7.84. The van der Waals surface area contributed by atoms with E-state index in [-0.39, 0.29) is 5.91 Å². The first-order valence-corrected chi connectivity index (χ1v) is 8.86. The van der Waals surface area contributed by atoms with E-state index in [1.807, 2.05) is 59.7 Å². The fourth-order valence-electron chi connectivity index (χ4n) is 2.53. The number of para-hydroxylation sites is 1. The van der Waals surface area contributed by atoms with E-state index in [1.54, 1.807) is 23.7 Å². The van der Waals surface area contributed by atoms with Crippen LogP contribution in [0.25, 0.3) is 10.6 Å². The fourth-order valence-corrected chi connectivity index (χ4v) is 3.39. The summed E-state index contributed by atoms with van der Waals surface area (Å²) in [4.78, 5) is 23.0. The molecule has 2 aromatic heterocycles. The zero-order valence-electron chi connectivity index (χ0n) is 13.6. The van der Waals surface area contributed by atoms with Crippen LogP contribution in [0.1, 0.15) is 19.0 Å². The normalized spacial score (nSPS) is 10.5. The summed E-state index contributed by atoms with van der Waals surface area (Å²) < 4.78 is 0. The van der Waals surface area contributed by atoms with Crippen molar-refractivity contribution in [2.75, 3.05) is 11.4 Å². The van der Waals surface area contributed by atoms with Crippen LogP contribution in [0.15, 0.2) is 60.2 Å². The number of rotatable bonds is 6. The third kappa shape index (κ3) is 3.86. The maximum Gasteiger partial charge on any atom is 0.227 e. The van der Waals surface area contributed by atoms with Gasteiger partial charge in [-0.3, -0.25) is 9.78 Å². The minimum absolute atomic E-state index is 0.127. The van der Waals surface area contributed by atoms with Gasteiger partial charge in [0.1, 0.15) is 5.01 Å². The van der Waals surface area contributed by atoms with Crippen molar-refractivity contribution < 1.29 is 4.79 Å². The monoisotopic (exact) mass is 337 g/mol. The highest BCUT2D eigenvalue weighted by Crippen LogP contribution is 2.23. The van der Waals surface area contributed by atoms with E-state index >= 15 is 0 Å². The molecule has 0 unspecified atom stereocenters. The van der Waals surface area contributed by atoms with Gasteiger partial charge in [0.05, 0.1) is 5.69 Å². The standard InChI is InChI=1S/C19H19N3OS/c1-2-22(17-6-4-3-5-7-17)18(23)9-8-16-14-24-19(21-16)15-10-12-20-13-11-15/h3-7,10-14H,2,8-9H2,1H3. The van der Waals surface area contributed by atoms with Gasteiger partial charge in [0.25, 0.3) is 0 Å². The largest absolute Gasteiger partial charge is 0.313 e. The number of nitrogens with zero attached hydrogens (tertiary/aromatic N) is 3. The molecule has 0 bridgehead atoms. The molecule has 0 fully saturated rings. The Morgan fingerprint density at radius 3 is 2.58 bits per heavy atom. The Balaban J connectivity index is 1.63. The number of amides is 1. The van der Waals surface area contributed by atoms with Gasteiger partial charge in [0.2, 0.25) is 5.91 Å². The Bertz CT molecular complexity index is 787. The summed E-state index contributed by atoms with van der Waals surface area (Å²) in [6.07, 6.45) is 4.64. The number of anilines is 1. The number of benzene rings is 1. The highest BCUT2D eigenvalue weighted by molar-refractivity contribution is 7.13. The average Bonchev–Trinajstić information content (AvgIpc) is 3.11. The van der Waals surface area contributed by atoms with Crippen molar-refractivity contribution in [2.24, 2.45) is 0 Å². The van der Waals surface area contributed by atoms with Crippen molar-refractivity contribution in [3.8, 4) is 10.6 Å². The van der Waals surface area contributed by atoms with Crippen molar-refractivity contribution >= 4 is 22.9 Å². The van der Waals surface area contributed by atoms with E-state index in [0.717, 1.165) is 22.0 Å². The maximum absolute atomic E-state index is 12.5. The second-order valence-electron chi connectivity index (χ2n) is 5.35. The minimum atomic E-state index is 0.127. The molecule has 0 N–H and O–H groups in total. The lowest BCUT2D eigenvalue weighted by atomic mass is 10.2. The summed E-state index contributed by atoms with van der Waals surface area (Å²) in [5.74, 6) is 0.127. The van der Waals surface area contributed by atoms with Crippen molar-refractivity contribution in [1.29, 1.82) is 0 Å². The van der Waals surface area contributed by atoms with Crippen LogP contribution in [0, 0.1) is 0 Å². The first kappa shape index (κ1) is 16.3. The summed E-state index contributed by atoms with van der Waals surface area (Å²) in [6.45, 7) is 2.66. The van der Waals surface area contributed by atoms with E-state index in [4.69, 9.17) is 0 Å². The molecule has 1 amide bonds. The zero-order chi connectivity index (χ0) is 16.8. The van der Waals surface area contributed by atoms with Gasteiger partial charge in [-0.05, 0) is 37.6 Å². The van der Waals surface area contributed by atoms with Crippen LogP contribution in [0.4, 0.5) is 5.69 Å². The first-order chi connectivity index (χ1) is 11.8. The van der Waals surface area contributed by atoms with Gasteiger partial charge in [-0.25, -0.2) is 4.98 Å². The van der Waals surface area contributed by atoms with Crippen LogP contribution in [-0.4, -0.2) is 22.4 Å². The molecule has 2 heterocycles. The summed E-state index contributed by atoms with van der Waals surface area (Å²) in [7, 11) is 0. The molecule has 1 aromatic carbocycles. The summed E-state index contributed by atoms with van der Waals surface area (Å²) >= 11 is 1.60. The van der Waals surface area contributed by atoms with Crippen LogP contribution in [-0.2, 0) is 11.2 Å². The Morgan fingerprint density at radius 2 is 1.88 bits per heavy atom. The van der Waals surface area contributed by atoms with Crippen molar-refractivity contribution in [2.45, 2.75) is 19.8 Å². The first-order valence-electron chi connectivity index (χ1n) is 7.98. The average molecular weight is 337 g/mol. The van der Waals surface area contributed by atoms with E-state index in [0.29, 0.717) is 19.4 Å². The molecule has 24 heavy (non-hydrogen) atoms. The molecule has 0 spiro atoms. The number of pyridine rings is 1. The molecule has 3 rings (SSSR count). The number of carbonyl (C=O) groups is 1. The summed E-state index contributed by atoms with van der Waals surface area (Å²) in [5, 5.41) is 3.00. The SMILES string of the molecule is CCN(C(=O)CCc1csc(-c2ccncc2)n1)c1ccccc1. The summed E-state index contributed by atoms with van der Waals surface area (Å²) in [6, 6.07) is 13.7. The van der Waals surface area contributed by atoms with Gasteiger partial charge in [-0.2, -0.15) is 0 Å². The van der Waals surface area contributed by atoms with Crippen molar-refractivity contribution in [3.63, 3.8) is 0 Å². The molecule has 0 aliphatic carbocycles. The molecule has 0 saturated heterocycles. The molecule has 122 valence electrons. The zero-order valence-corrected chi connectivity index (χ0v) is 14.4. The van der Waals surface area contributed by atoms with Crippen molar-refractivity contribution in [3.05, 3.63) is 65.9 Å². The Kier molecular flexibility index (Phi) is 5.33. The Hall–Kier alpha value is -2.53. The van der Waals surface area contributed by atoms with Crippen LogP contribution < -0.4 is 4.90 Å². The predicted octanol–water partition coefficient (Wildman–Crippen LogP) is 4.19. The number of hydrogen-bond donors (Lipinski definition) is 0. The van der Waals surface area contributed by atoms with Crippen LogP contribution in [0.2, 0.25) is 0 Å². The molecular weight excluding hydrogens is 318 g/mol. The minimum Gasteiger partial charge on any atom is -0.313 e. The third-order valence-electron chi connectivity index (χ3n) is 3.76. The molecular formula is C19H19N3OS. The Labute approximate surface area is 145 Å². The number of thiazole rings is 1. The molecule has 0 radical (unpaired) electrons. The van der Waals surface area contributed by atoms with Gasteiger partial charge in [0.15, 0.2) is 0 Å². The maximum atomic E-state index is 12.5. The number of aryl methyl sites for hydroxylation is 1.